The molecule has 0 amide bonds. The zero-order chi connectivity index (χ0) is 21.5. The molecule has 1 aromatic heterocycles. The van der Waals surface area contributed by atoms with Crippen LogP contribution in [0.3, 0.4) is 0 Å². The lowest BCUT2D eigenvalue weighted by Gasteiger charge is -2.09. The van der Waals surface area contributed by atoms with Gasteiger partial charge in [-0.25, -0.2) is 4.98 Å². The number of carbonyl (C=O) groups excluding carboxylic acids is 1. The zero-order valence-corrected chi connectivity index (χ0v) is 17.3. The van der Waals surface area contributed by atoms with Gasteiger partial charge in [0, 0.05) is 11.1 Å². The fourth-order valence-corrected chi connectivity index (χ4v) is 2.95. The van der Waals surface area contributed by atoms with Crippen LogP contribution in [0.4, 0.5) is 0 Å². The Morgan fingerprint density at radius 2 is 1.40 bits per heavy atom. The molecule has 3 aromatic rings. The van der Waals surface area contributed by atoms with Gasteiger partial charge in [0.2, 0.25) is 0 Å². The van der Waals surface area contributed by atoms with Gasteiger partial charge in [-0.15, -0.1) is 0 Å². The van der Waals surface area contributed by atoms with Gasteiger partial charge >= 0.3 is 0 Å². The average Bonchev–Trinajstić information content (AvgIpc) is 2.81. The van der Waals surface area contributed by atoms with Gasteiger partial charge in [0.15, 0.2) is 28.8 Å². The molecule has 0 radical (unpaired) electrons. The van der Waals surface area contributed by atoms with Gasteiger partial charge in [-0.05, 0) is 60.7 Å². The van der Waals surface area contributed by atoms with Gasteiger partial charge in [-0.2, -0.15) is 0 Å². The summed E-state index contributed by atoms with van der Waals surface area (Å²) in [5.74, 6) is 2.20. The highest BCUT2D eigenvalue weighted by molar-refractivity contribution is 6.07. The number of carbonyl (C=O) groups is 1. The van der Waals surface area contributed by atoms with Gasteiger partial charge in [0.25, 0.3) is 0 Å². The Morgan fingerprint density at radius 1 is 0.767 bits per heavy atom. The van der Waals surface area contributed by atoms with Crippen molar-refractivity contribution in [3.8, 4) is 34.3 Å². The van der Waals surface area contributed by atoms with Crippen molar-refractivity contribution >= 4 is 11.9 Å². The maximum atomic E-state index is 12.6. The van der Waals surface area contributed by atoms with Gasteiger partial charge in [0.05, 0.1) is 39.8 Å². The summed E-state index contributed by atoms with van der Waals surface area (Å²) in [6.45, 7) is 0. The van der Waals surface area contributed by atoms with Crippen LogP contribution in [0, 0.1) is 0 Å². The highest BCUT2D eigenvalue weighted by atomic mass is 16.5. The highest BCUT2D eigenvalue weighted by Crippen LogP contribution is 2.32. The Morgan fingerprint density at radius 3 is 2.07 bits per heavy atom. The van der Waals surface area contributed by atoms with Crippen LogP contribution in [0.2, 0.25) is 0 Å². The quantitative estimate of drug-likeness (QED) is 0.400. The van der Waals surface area contributed by atoms with Gasteiger partial charge in [-0.3, -0.25) is 4.79 Å². The number of hydrogen-bond donors (Lipinski definition) is 0. The number of aromatic nitrogens is 1. The molecule has 0 N–H and O–H groups in total. The number of methoxy groups -OCH3 is 4. The van der Waals surface area contributed by atoms with Crippen molar-refractivity contribution in [1.82, 2.24) is 4.98 Å². The summed E-state index contributed by atoms with van der Waals surface area (Å²) in [5, 5.41) is 0. The Bertz CT molecular complexity index is 1070. The summed E-state index contributed by atoms with van der Waals surface area (Å²) in [6.07, 6.45) is 3.17. The molecule has 0 saturated heterocycles. The standard InChI is InChI=1S/C24H23NO5/c1-27-21-12-8-16(14-23(21)29-3)19-7-5-6-18(25-19)10-11-20(26)17-9-13-22(28-2)24(15-17)30-4/h5-15H,1-4H3. The normalized spacial score (nSPS) is 10.7. The van der Waals surface area contributed by atoms with E-state index in [-0.39, 0.29) is 5.78 Å². The molecule has 0 unspecified atom stereocenters. The number of hydrogen-bond acceptors (Lipinski definition) is 6. The Kier molecular flexibility index (Phi) is 6.70. The van der Waals surface area contributed by atoms with E-state index in [4.69, 9.17) is 18.9 Å². The third-order valence-corrected chi connectivity index (χ3v) is 4.52. The van der Waals surface area contributed by atoms with Crippen molar-refractivity contribution in [2.75, 3.05) is 28.4 Å². The summed E-state index contributed by atoms with van der Waals surface area (Å²) in [7, 11) is 6.27. The maximum Gasteiger partial charge on any atom is 0.186 e. The molecule has 6 nitrogen and oxygen atoms in total. The smallest absolute Gasteiger partial charge is 0.186 e. The molecular weight excluding hydrogens is 382 g/mol. The van der Waals surface area contributed by atoms with Crippen LogP contribution in [-0.2, 0) is 0 Å². The molecule has 3 rings (SSSR count). The number of benzene rings is 2. The summed E-state index contributed by atoms with van der Waals surface area (Å²) in [6, 6.07) is 16.3. The minimum absolute atomic E-state index is 0.158. The van der Waals surface area contributed by atoms with Crippen molar-refractivity contribution < 1.29 is 23.7 Å². The molecule has 2 aromatic carbocycles. The Hall–Kier alpha value is -3.80. The van der Waals surface area contributed by atoms with Gasteiger partial charge < -0.3 is 18.9 Å². The van der Waals surface area contributed by atoms with E-state index in [9.17, 15) is 4.79 Å². The van der Waals surface area contributed by atoms with Crippen LogP contribution in [0.15, 0.2) is 60.7 Å². The van der Waals surface area contributed by atoms with Crippen molar-refractivity contribution in [2.24, 2.45) is 0 Å². The lowest BCUT2D eigenvalue weighted by molar-refractivity contribution is 0.104. The molecule has 154 valence electrons. The van der Waals surface area contributed by atoms with Gasteiger partial charge in [-0.1, -0.05) is 6.07 Å². The van der Waals surface area contributed by atoms with E-state index < -0.39 is 0 Å². The molecule has 1 heterocycles. The summed E-state index contributed by atoms with van der Waals surface area (Å²) in [5.41, 5.74) is 2.81. The third-order valence-electron chi connectivity index (χ3n) is 4.52. The molecule has 0 fully saturated rings. The van der Waals surface area contributed by atoms with Crippen molar-refractivity contribution in [3.05, 3.63) is 71.9 Å². The van der Waals surface area contributed by atoms with Crippen LogP contribution in [0.1, 0.15) is 16.1 Å². The van der Waals surface area contributed by atoms with Crippen LogP contribution in [0.5, 0.6) is 23.0 Å². The van der Waals surface area contributed by atoms with Gasteiger partial charge in [0.1, 0.15) is 0 Å². The number of ether oxygens (including phenoxy) is 4. The molecule has 0 spiro atoms. The Labute approximate surface area is 175 Å². The fraction of sp³-hybridized carbons (Fsp3) is 0.167. The second-order valence-corrected chi connectivity index (χ2v) is 6.28. The van der Waals surface area contributed by atoms with E-state index in [1.165, 1.54) is 13.2 Å². The van der Waals surface area contributed by atoms with Crippen molar-refractivity contribution in [2.45, 2.75) is 0 Å². The van der Waals surface area contributed by atoms with E-state index in [1.807, 2.05) is 36.4 Å². The second kappa shape index (κ2) is 9.60. The number of rotatable bonds is 8. The number of nitrogens with zero attached hydrogens (tertiary/aromatic N) is 1. The maximum absolute atomic E-state index is 12.6. The first-order valence-corrected chi connectivity index (χ1v) is 9.23. The number of allylic oxidation sites excluding steroid dienone is 1. The van der Waals surface area contributed by atoms with E-state index >= 15 is 0 Å². The molecule has 6 heteroatoms. The number of ketones is 1. The summed E-state index contributed by atoms with van der Waals surface area (Å²) < 4.78 is 21.1. The van der Waals surface area contributed by atoms with E-state index in [2.05, 4.69) is 4.98 Å². The molecular formula is C24H23NO5. The first kappa shape index (κ1) is 20.9. The zero-order valence-electron chi connectivity index (χ0n) is 17.3. The van der Waals surface area contributed by atoms with E-state index in [0.29, 0.717) is 34.3 Å². The van der Waals surface area contributed by atoms with Crippen LogP contribution < -0.4 is 18.9 Å². The Balaban J connectivity index is 1.83. The lowest BCUT2D eigenvalue weighted by Crippen LogP contribution is -1.97. The first-order chi connectivity index (χ1) is 14.6. The van der Waals surface area contributed by atoms with Crippen molar-refractivity contribution in [3.63, 3.8) is 0 Å². The van der Waals surface area contributed by atoms with E-state index in [1.54, 1.807) is 45.6 Å². The molecule has 0 atom stereocenters. The van der Waals surface area contributed by atoms with Crippen LogP contribution in [0.25, 0.3) is 17.3 Å². The molecule has 0 aliphatic heterocycles. The average molecular weight is 405 g/mol. The minimum Gasteiger partial charge on any atom is -0.493 e. The first-order valence-electron chi connectivity index (χ1n) is 9.23. The third kappa shape index (κ3) is 4.60. The van der Waals surface area contributed by atoms with Crippen molar-refractivity contribution in [1.29, 1.82) is 0 Å². The molecule has 30 heavy (non-hydrogen) atoms. The predicted molar refractivity (Wildman–Crippen MR) is 116 cm³/mol. The van der Waals surface area contributed by atoms with E-state index in [0.717, 1.165) is 11.3 Å². The highest BCUT2D eigenvalue weighted by Gasteiger charge is 2.10. The molecule has 0 bridgehead atoms. The largest absolute Gasteiger partial charge is 0.493 e. The summed E-state index contributed by atoms with van der Waals surface area (Å²) >= 11 is 0. The lowest BCUT2D eigenvalue weighted by atomic mass is 10.1. The van der Waals surface area contributed by atoms with Crippen LogP contribution >= 0.6 is 0 Å². The predicted octanol–water partition coefficient (Wildman–Crippen LogP) is 4.68. The molecule has 0 aliphatic carbocycles. The molecule has 0 saturated carbocycles. The monoisotopic (exact) mass is 405 g/mol. The molecule has 0 aliphatic rings. The SMILES string of the molecule is COc1ccc(C(=O)C=Cc2cccc(-c3ccc(OC)c(OC)c3)n2)cc1OC. The van der Waals surface area contributed by atoms with Crippen LogP contribution in [-0.4, -0.2) is 39.2 Å². The summed E-state index contributed by atoms with van der Waals surface area (Å²) in [4.78, 5) is 17.2. The number of pyridine rings is 1. The second-order valence-electron chi connectivity index (χ2n) is 6.28. The minimum atomic E-state index is -0.158. The topological polar surface area (TPSA) is 66.9 Å². The fourth-order valence-electron chi connectivity index (χ4n) is 2.95.